The van der Waals surface area contributed by atoms with Gasteiger partial charge in [0.25, 0.3) is 5.91 Å². The number of carbonyl (C=O) groups is 1. The molecular weight excluding hydrogens is 240 g/mol. The summed E-state index contributed by atoms with van der Waals surface area (Å²) in [6.45, 7) is 7.09. The van der Waals surface area contributed by atoms with Crippen LogP contribution in [0.1, 0.15) is 25.0 Å². The van der Waals surface area contributed by atoms with E-state index in [9.17, 15) is 9.90 Å². The van der Waals surface area contributed by atoms with E-state index in [0.29, 0.717) is 5.71 Å². The number of aliphatic hydroxyl groups is 1. The molecule has 4 nitrogen and oxygen atoms in total. The van der Waals surface area contributed by atoms with Crippen molar-refractivity contribution in [3.63, 3.8) is 0 Å². The van der Waals surface area contributed by atoms with Crippen molar-refractivity contribution >= 4 is 17.3 Å². The van der Waals surface area contributed by atoms with Gasteiger partial charge in [0.15, 0.2) is 0 Å². The van der Waals surface area contributed by atoms with Crippen LogP contribution in [0.4, 0.5) is 5.69 Å². The summed E-state index contributed by atoms with van der Waals surface area (Å²) >= 11 is 0. The smallest absolute Gasteiger partial charge is 0.260 e. The highest BCUT2D eigenvalue weighted by molar-refractivity contribution is 6.25. The predicted molar refractivity (Wildman–Crippen MR) is 78.9 cm³/mol. The largest absolute Gasteiger partial charge is 0.512 e. The number of carbonyl (C=O) groups excluding carboxylic acids is 1. The molecule has 0 saturated heterocycles. The van der Waals surface area contributed by atoms with E-state index < -0.39 is 0 Å². The Morgan fingerprint density at radius 1 is 1.26 bits per heavy atom. The van der Waals surface area contributed by atoms with Crippen LogP contribution in [0.15, 0.2) is 34.5 Å². The summed E-state index contributed by atoms with van der Waals surface area (Å²) in [4.78, 5) is 16.1. The fourth-order valence-electron chi connectivity index (χ4n) is 1.84. The van der Waals surface area contributed by atoms with Gasteiger partial charge < -0.3 is 10.4 Å². The fraction of sp³-hybridized carbons (Fsp3) is 0.333. The summed E-state index contributed by atoms with van der Waals surface area (Å²) in [5.74, 6) is -0.389. The Labute approximate surface area is 113 Å². The summed E-state index contributed by atoms with van der Waals surface area (Å²) in [5, 5.41) is 12.4. The molecule has 0 atom stereocenters. The molecule has 0 radical (unpaired) electrons. The molecule has 1 amide bonds. The van der Waals surface area contributed by atoms with E-state index in [1.165, 1.54) is 6.92 Å². The zero-order valence-corrected chi connectivity index (χ0v) is 12.0. The summed E-state index contributed by atoms with van der Waals surface area (Å²) in [6, 6.07) is 5.77. The minimum absolute atomic E-state index is 0.0367. The summed E-state index contributed by atoms with van der Waals surface area (Å²) in [7, 11) is 1.59. The highest BCUT2D eigenvalue weighted by Gasteiger charge is 2.16. The van der Waals surface area contributed by atoms with Gasteiger partial charge in [0.05, 0.1) is 5.57 Å². The maximum atomic E-state index is 12.2. The van der Waals surface area contributed by atoms with E-state index >= 15 is 0 Å². The van der Waals surface area contributed by atoms with Gasteiger partial charge in [-0.3, -0.25) is 9.79 Å². The quantitative estimate of drug-likeness (QED) is 0.498. The first kappa shape index (κ1) is 15.0. The lowest BCUT2D eigenvalue weighted by molar-refractivity contribution is -0.112. The number of amides is 1. The van der Waals surface area contributed by atoms with Crippen LogP contribution in [0.3, 0.4) is 0 Å². The third-order valence-electron chi connectivity index (χ3n) is 2.92. The SMILES string of the molecule is CN=C(C)C(C(=O)Nc1ccc(C)cc1C)=C(C)O. The molecule has 1 aromatic rings. The second-order valence-corrected chi connectivity index (χ2v) is 4.54. The van der Waals surface area contributed by atoms with E-state index in [0.717, 1.165) is 16.8 Å². The number of aliphatic hydroxyl groups excluding tert-OH is 1. The molecule has 0 unspecified atom stereocenters. The number of nitrogens with one attached hydrogen (secondary N) is 1. The summed E-state index contributed by atoms with van der Waals surface area (Å²) in [6.07, 6.45) is 0. The van der Waals surface area contributed by atoms with Crippen molar-refractivity contribution in [2.24, 2.45) is 4.99 Å². The molecular formula is C15H20N2O2. The van der Waals surface area contributed by atoms with Gasteiger partial charge in [-0.15, -0.1) is 0 Å². The number of benzene rings is 1. The molecule has 0 bridgehead atoms. The van der Waals surface area contributed by atoms with Crippen molar-refractivity contribution in [3.05, 3.63) is 40.7 Å². The van der Waals surface area contributed by atoms with Crippen molar-refractivity contribution < 1.29 is 9.90 Å². The number of nitrogens with zero attached hydrogens (tertiary/aromatic N) is 1. The monoisotopic (exact) mass is 260 g/mol. The van der Waals surface area contributed by atoms with Crippen molar-refractivity contribution in [2.45, 2.75) is 27.7 Å². The average Bonchev–Trinajstić information content (AvgIpc) is 2.32. The Morgan fingerprint density at radius 3 is 2.37 bits per heavy atom. The van der Waals surface area contributed by atoms with Gasteiger partial charge in [0.2, 0.25) is 0 Å². The number of hydrogen-bond donors (Lipinski definition) is 2. The minimum Gasteiger partial charge on any atom is -0.512 e. The first-order valence-corrected chi connectivity index (χ1v) is 6.09. The fourth-order valence-corrected chi connectivity index (χ4v) is 1.84. The van der Waals surface area contributed by atoms with Crippen LogP contribution in [-0.4, -0.2) is 23.8 Å². The summed E-state index contributed by atoms with van der Waals surface area (Å²) < 4.78 is 0. The Hall–Kier alpha value is -2.10. The van der Waals surface area contributed by atoms with Crippen LogP contribution in [0, 0.1) is 13.8 Å². The van der Waals surface area contributed by atoms with Gasteiger partial charge in [0.1, 0.15) is 5.76 Å². The zero-order valence-electron chi connectivity index (χ0n) is 12.0. The molecule has 19 heavy (non-hydrogen) atoms. The third kappa shape index (κ3) is 3.68. The second-order valence-electron chi connectivity index (χ2n) is 4.54. The Kier molecular flexibility index (Phi) is 4.87. The molecule has 0 fully saturated rings. The van der Waals surface area contributed by atoms with Gasteiger partial charge in [0, 0.05) is 18.4 Å². The number of aryl methyl sites for hydroxylation is 2. The highest BCUT2D eigenvalue weighted by atomic mass is 16.3. The lowest BCUT2D eigenvalue weighted by atomic mass is 10.1. The summed E-state index contributed by atoms with van der Waals surface area (Å²) in [5.41, 5.74) is 3.56. The van der Waals surface area contributed by atoms with Crippen molar-refractivity contribution in [1.29, 1.82) is 0 Å². The van der Waals surface area contributed by atoms with Crippen LogP contribution < -0.4 is 5.32 Å². The van der Waals surface area contributed by atoms with E-state index in [2.05, 4.69) is 10.3 Å². The van der Waals surface area contributed by atoms with Crippen molar-refractivity contribution in [3.8, 4) is 0 Å². The average molecular weight is 260 g/mol. The molecule has 0 saturated carbocycles. The molecule has 1 rings (SSSR count). The number of hydrogen-bond acceptors (Lipinski definition) is 3. The van der Waals surface area contributed by atoms with E-state index in [4.69, 9.17) is 0 Å². The van der Waals surface area contributed by atoms with Crippen LogP contribution in [0.2, 0.25) is 0 Å². The van der Waals surface area contributed by atoms with Gasteiger partial charge in [-0.2, -0.15) is 0 Å². The molecule has 0 heterocycles. The molecule has 0 aliphatic carbocycles. The molecule has 0 aliphatic rings. The molecule has 102 valence electrons. The normalized spacial score (nSPS) is 13.0. The molecule has 4 heteroatoms. The zero-order chi connectivity index (χ0) is 14.6. The number of rotatable bonds is 3. The third-order valence-corrected chi connectivity index (χ3v) is 2.92. The van der Waals surface area contributed by atoms with E-state index in [1.807, 2.05) is 32.0 Å². The first-order chi connectivity index (χ1) is 8.86. The maximum Gasteiger partial charge on any atom is 0.260 e. The topological polar surface area (TPSA) is 61.7 Å². The number of aliphatic imine (C=N–C) groups is 1. The number of allylic oxidation sites excluding steroid dienone is 1. The van der Waals surface area contributed by atoms with Gasteiger partial charge in [-0.1, -0.05) is 17.7 Å². The van der Waals surface area contributed by atoms with Crippen molar-refractivity contribution in [1.82, 2.24) is 0 Å². The molecule has 0 aromatic heterocycles. The van der Waals surface area contributed by atoms with E-state index in [-0.39, 0.29) is 17.2 Å². The first-order valence-electron chi connectivity index (χ1n) is 6.09. The standard InChI is InChI=1S/C15H20N2O2/c1-9-6-7-13(10(2)8-9)17-15(19)14(12(4)18)11(3)16-5/h6-8,18H,1-5H3,(H,17,19). The second kappa shape index (κ2) is 6.18. The number of anilines is 1. The maximum absolute atomic E-state index is 12.2. The molecule has 0 aliphatic heterocycles. The van der Waals surface area contributed by atoms with Crippen LogP contribution >= 0.6 is 0 Å². The molecule has 2 N–H and O–H groups in total. The van der Waals surface area contributed by atoms with Crippen LogP contribution in [0.25, 0.3) is 0 Å². The van der Waals surface area contributed by atoms with Crippen molar-refractivity contribution in [2.75, 3.05) is 12.4 Å². The Balaban J connectivity index is 3.05. The van der Waals surface area contributed by atoms with Gasteiger partial charge in [-0.25, -0.2) is 0 Å². The van der Waals surface area contributed by atoms with E-state index in [1.54, 1.807) is 14.0 Å². The predicted octanol–water partition coefficient (Wildman–Crippen LogP) is 3.16. The van der Waals surface area contributed by atoms with Crippen LogP contribution in [0.5, 0.6) is 0 Å². The van der Waals surface area contributed by atoms with Crippen LogP contribution in [-0.2, 0) is 4.79 Å². The molecule has 1 aromatic carbocycles. The minimum atomic E-state index is -0.352. The lowest BCUT2D eigenvalue weighted by Crippen LogP contribution is -2.21. The molecule has 0 spiro atoms. The Bertz CT molecular complexity index is 553. The lowest BCUT2D eigenvalue weighted by Gasteiger charge is -2.12. The Morgan fingerprint density at radius 2 is 1.89 bits per heavy atom. The highest BCUT2D eigenvalue weighted by Crippen LogP contribution is 2.17. The van der Waals surface area contributed by atoms with Gasteiger partial charge in [-0.05, 0) is 39.3 Å². The van der Waals surface area contributed by atoms with Gasteiger partial charge >= 0.3 is 0 Å².